The zero-order chi connectivity index (χ0) is 15.9. The number of carbonyl (C=O) groups excluding carboxylic acids is 1. The standard InChI is InChI=1S/C18H22N2O3/c21-18(17-16-5-2-1-4-14(16)6-10-19-17)20-9-3-11-23-15-7-12-22-13-8-15/h1-2,4-6,10,15H,3,7-9,11-13H2,(H,20,21). The first-order chi connectivity index (χ1) is 11.3. The quantitative estimate of drug-likeness (QED) is 0.833. The molecule has 5 nitrogen and oxygen atoms in total. The van der Waals surface area contributed by atoms with E-state index in [0.29, 0.717) is 24.9 Å². The minimum absolute atomic E-state index is 0.132. The number of benzene rings is 1. The molecule has 0 bridgehead atoms. The number of hydrogen-bond acceptors (Lipinski definition) is 4. The van der Waals surface area contributed by atoms with E-state index < -0.39 is 0 Å². The minimum atomic E-state index is -0.132. The zero-order valence-corrected chi connectivity index (χ0v) is 13.2. The van der Waals surface area contributed by atoms with Gasteiger partial charge in [0.2, 0.25) is 0 Å². The Hall–Kier alpha value is -1.98. The molecule has 0 saturated carbocycles. The van der Waals surface area contributed by atoms with Crippen molar-refractivity contribution in [1.82, 2.24) is 10.3 Å². The molecule has 1 aliphatic rings. The molecule has 1 aromatic heterocycles. The second kappa shape index (κ2) is 8.04. The third-order valence-corrected chi connectivity index (χ3v) is 4.02. The molecule has 0 spiro atoms. The molecule has 1 aliphatic heterocycles. The molecule has 2 heterocycles. The van der Waals surface area contributed by atoms with Crippen LogP contribution in [0.4, 0.5) is 0 Å². The lowest BCUT2D eigenvalue weighted by Crippen LogP contribution is -2.28. The van der Waals surface area contributed by atoms with Crippen molar-refractivity contribution in [1.29, 1.82) is 0 Å². The molecule has 2 aromatic rings. The van der Waals surface area contributed by atoms with Crippen molar-refractivity contribution in [3.63, 3.8) is 0 Å². The summed E-state index contributed by atoms with van der Waals surface area (Å²) in [5.41, 5.74) is 0.480. The average Bonchev–Trinajstić information content (AvgIpc) is 2.61. The molecule has 1 fully saturated rings. The molecule has 0 aliphatic carbocycles. The van der Waals surface area contributed by atoms with E-state index >= 15 is 0 Å². The number of carbonyl (C=O) groups is 1. The smallest absolute Gasteiger partial charge is 0.270 e. The number of nitrogens with zero attached hydrogens (tertiary/aromatic N) is 1. The molecule has 1 saturated heterocycles. The van der Waals surface area contributed by atoms with Gasteiger partial charge in [0.1, 0.15) is 5.69 Å². The molecule has 122 valence electrons. The lowest BCUT2D eigenvalue weighted by Gasteiger charge is -2.22. The highest BCUT2D eigenvalue weighted by molar-refractivity contribution is 6.05. The lowest BCUT2D eigenvalue weighted by atomic mass is 10.1. The van der Waals surface area contributed by atoms with Gasteiger partial charge in [0.05, 0.1) is 6.10 Å². The van der Waals surface area contributed by atoms with E-state index in [-0.39, 0.29) is 5.91 Å². The number of rotatable bonds is 6. The van der Waals surface area contributed by atoms with Crippen LogP contribution in [-0.4, -0.2) is 43.4 Å². The van der Waals surface area contributed by atoms with Gasteiger partial charge < -0.3 is 14.8 Å². The Labute approximate surface area is 136 Å². The van der Waals surface area contributed by atoms with E-state index in [0.717, 1.165) is 43.2 Å². The van der Waals surface area contributed by atoms with Crippen LogP contribution in [0, 0.1) is 0 Å². The van der Waals surface area contributed by atoms with Crippen LogP contribution in [0.15, 0.2) is 36.5 Å². The zero-order valence-electron chi connectivity index (χ0n) is 13.2. The Morgan fingerprint density at radius 2 is 2.09 bits per heavy atom. The maximum absolute atomic E-state index is 12.3. The summed E-state index contributed by atoms with van der Waals surface area (Å²) in [7, 11) is 0. The van der Waals surface area contributed by atoms with Crippen LogP contribution in [0.2, 0.25) is 0 Å². The second-order valence-corrected chi connectivity index (χ2v) is 5.67. The van der Waals surface area contributed by atoms with Crippen molar-refractivity contribution < 1.29 is 14.3 Å². The van der Waals surface area contributed by atoms with Gasteiger partial charge in [-0.15, -0.1) is 0 Å². The van der Waals surface area contributed by atoms with Crippen molar-refractivity contribution in [2.24, 2.45) is 0 Å². The minimum Gasteiger partial charge on any atom is -0.381 e. The van der Waals surface area contributed by atoms with Crippen LogP contribution in [-0.2, 0) is 9.47 Å². The Balaban J connectivity index is 1.45. The second-order valence-electron chi connectivity index (χ2n) is 5.67. The first-order valence-corrected chi connectivity index (χ1v) is 8.16. The molecule has 0 radical (unpaired) electrons. The van der Waals surface area contributed by atoms with Crippen LogP contribution < -0.4 is 5.32 Å². The fourth-order valence-corrected chi connectivity index (χ4v) is 2.75. The summed E-state index contributed by atoms with van der Waals surface area (Å²) in [6, 6.07) is 9.69. The Morgan fingerprint density at radius 3 is 2.96 bits per heavy atom. The van der Waals surface area contributed by atoms with E-state index in [1.165, 1.54) is 0 Å². The topological polar surface area (TPSA) is 60.5 Å². The van der Waals surface area contributed by atoms with Gasteiger partial charge in [-0.25, -0.2) is 0 Å². The third kappa shape index (κ3) is 4.27. The van der Waals surface area contributed by atoms with Gasteiger partial charge in [-0.05, 0) is 30.7 Å². The van der Waals surface area contributed by atoms with Crippen molar-refractivity contribution in [2.45, 2.75) is 25.4 Å². The summed E-state index contributed by atoms with van der Waals surface area (Å²) in [6.07, 6.45) is 4.71. The number of aromatic nitrogens is 1. The van der Waals surface area contributed by atoms with E-state index in [1.807, 2.05) is 30.3 Å². The van der Waals surface area contributed by atoms with Gasteiger partial charge in [0.15, 0.2) is 0 Å². The van der Waals surface area contributed by atoms with Crippen molar-refractivity contribution in [3.05, 3.63) is 42.2 Å². The maximum Gasteiger partial charge on any atom is 0.270 e. The summed E-state index contributed by atoms with van der Waals surface area (Å²) in [4.78, 5) is 16.5. The van der Waals surface area contributed by atoms with E-state index in [9.17, 15) is 4.79 Å². The normalized spacial score (nSPS) is 15.7. The lowest BCUT2D eigenvalue weighted by molar-refractivity contribution is -0.0321. The number of fused-ring (bicyclic) bond motifs is 1. The fourth-order valence-electron chi connectivity index (χ4n) is 2.75. The molecule has 5 heteroatoms. The molecule has 1 amide bonds. The molecule has 0 unspecified atom stereocenters. The predicted octanol–water partition coefficient (Wildman–Crippen LogP) is 2.55. The maximum atomic E-state index is 12.3. The van der Waals surface area contributed by atoms with Gasteiger partial charge in [-0.3, -0.25) is 9.78 Å². The summed E-state index contributed by atoms with van der Waals surface area (Å²) in [5.74, 6) is -0.132. The van der Waals surface area contributed by atoms with Crippen LogP contribution in [0.5, 0.6) is 0 Å². The first-order valence-electron chi connectivity index (χ1n) is 8.16. The number of amides is 1. The summed E-state index contributed by atoms with van der Waals surface area (Å²) >= 11 is 0. The average molecular weight is 314 g/mol. The van der Waals surface area contributed by atoms with Crippen LogP contribution in [0.3, 0.4) is 0 Å². The number of nitrogens with one attached hydrogen (secondary N) is 1. The molecule has 3 rings (SSSR count). The Bertz CT molecular complexity index is 648. The highest BCUT2D eigenvalue weighted by Crippen LogP contribution is 2.16. The molecule has 23 heavy (non-hydrogen) atoms. The highest BCUT2D eigenvalue weighted by Gasteiger charge is 2.14. The molecule has 1 N–H and O–H groups in total. The SMILES string of the molecule is O=C(NCCCOC1CCOCC1)c1nccc2ccccc12. The highest BCUT2D eigenvalue weighted by atomic mass is 16.5. The van der Waals surface area contributed by atoms with Crippen LogP contribution in [0.1, 0.15) is 29.8 Å². The molecule has 0 atom stereocenters. The van der Waals surface area contributed by atoms with Crippen molar-refractivity contribution in [3.8, 4) is 0 Å². The predicted molar refractivity (Wildman–Crippen MR) is 88.5 cm³/mol. The van der Waals surface area contributed by atoms with Gasteiger partial charge >= 0.3 is 0 Å². The number of ether oxygens (including phenoxy) is 2. The summed E-state index contributed by atoms with van der Waals surface area (Å²) in [5, 5.41) is 4.83. The third-order valence-electron chi connectivity index (χ3n) is 4.02. The van der Waals surface area contributed by atoms with E-state index in [4.69, 9.17) is 9.47 Å². The molecule has 1 aromatic carbocycles. The van der Waals surface area contributed by atoms with Crippen molar-refractivity contribution >= 4 is 16.7 Å². The number of pyridine rings is 1. The van der Waals surface area contributed by atoms with Crippen LogP contribution >= 0.6 is 0 Å². The Morgan fingerprint density at radius 1 is 1.26 bits per heavy atom. The van der Waals surface area contributed by atoms with E-state index in [2.05, 4.69) is 10.3 Å². The molecular weight excluding hydrogens is 292 g/mol. The van der Waals surface area contributed by atoms with E-state index in [1.54, 1.807) is 6.20 Å². The van der Waals surface area contributed by atoms with Crippen molar-refractivity contribution in [2.75, 3.05) is 26.4 Å². The summed E-state index contributed by atoms with van der Waals surface area (Å²) < 4.78 is 11.1. The van der Waals surface area contributed by atoms with Gasteiger partial charge in [0.25, 0.3) is 5.91 Å². The van der Waals surface area contributed by atoms with Crippen LogP contribution in [0.25, 0.3) is 10.8 Å². The molecular formula is C18H22N2O3. The summed E-state index contributed by atoms with van der Waals surface area (Å²) in [6.45, 7) is 2.82. The first kappa shape index (κ1) is 15.9. The van der Waals surface area contributed by atoms with Gasteiger partial charge in [-0.2, -0.15) is 0 Å². The Kier molecular flexibility index (Phi) is 5.56. The van der Waals surface area contributed by atoms with Gasteiger partial charge in [0, 0.05) is 37.9 Å². The van der Waals surface area contributed by atoms with Gasteiger partial charge in [-0.1, -0.05) is 24.3 Å². The number of hydrogen-bond donors (Lipinski definition) is 1. The monoisotopic (exact) mass is 314 g/mol. The largest absolute Gasteiger partial charge is 0.381 e. The fraction of sp³-hybridized carbons (Fsp3) is 0.444.